The van der Waals surface area contributed by atoms with Crippen molar-refractivity contribution in [3.63, 3.8) is 0 Å². The molecule has 0 radical (unpaired) electrons. The number of rotatable bonds is 2. The van der Waals surface area contributed by atoms with E-state index in [0.717, 1.165) is 0 Å². The van der Waals surface area contributed by atoms with Gasteiger partial charge in [0.1, 0.15) is 17.6 Å². The van der Waals surface area contributed by atoms with Crippen molar-refractivity contribution in [2.24, 2.45) is 5.41 Å². The Labute approximate surface area is 105 Å². The molecule has 0 aromatic heterocycles. The van der Waals surface area contributed by atoms with Gasteiger partial charge in [-0.05, 0) is 32.0 Å². The summed E-state index contributed by atoms with van der Waals surface area (Å²) in [6, 6.07) is 10.0. The molecule has 5 heteroatoms. The van der Waals surface area contributed by atoms with Crippen LogP contribution in [0.15, 0.2) is 18.2 Å². The summed E-state index contributed by atoms with van der Waals surface area (Å²) in [5.74, 6) is -0.460. The number of benzene rings is 1. The molecule has 1 aromatic rings. The van der Waals surface area contributed by atoms with Crippen molar-refractivity contribution in [1.29, 1.82) is 15.8 Å². The van der Waals surface area contributed by atoms with Crippen LogP contribution in [0.25, 0.3) is 0 Å². The molecule has 0 saturated carbocycles. The lowest BCUT2D eigenvalue weighted by molar-refractivity contribution is -0.121. The van der Waals surface area contributed by atoms with Crippen LogP contribution in [0.5, 0.6) is 0 Å². The number of hydrogen-bond acceptors (Lipinski definition) is 4. The number of carbonyl (C=O) groups is 1. The molecule has 0 aliphatic heterocycles. The Kier molecular flexibility index (Phi) is 3.67. The Morgan fingerprint density at radius 1 is 1.17 bits per heavy atom. The smallest absolute Gasteiger partial charge is 0.244 e. The summed E-state index contributed by atoms with van der Waals surface area (Å²) < 4.78 is 0. The number of carbonyl (C=O) groups excluding carboxylic acids is 1. The van der Waals surface area contributed by atoms with E-state index in [2.05, 4.69) is 5.32 Å². The topological polar surface area (TPSA) is 100 Å². The van der Waals surface area contributed by atoms with Gasteiger partial charge in [0.2, 0.25) is 5.91 Å². The van der Waals surface area contributed by atoms with Gasteiger partial charge in [-0.2, -0.15) is 15.8 Å². The van der Waals surface area contributed by atoms with Crippen molar-refractivity contribution < 1.29 is 4.79 Å². The summed E-state index contributed by atoms with van der Waals surface area (Å²) in [6.45, 7) is 2.99. The van der Waals surface area contributed by atoms with E-state index in [1.54, 1.807) is 0 Å². The zero-order valence-electron chi connectivity index (χ0n) is 9.98. The van der Waals surface area contributed by atoms with Gasteiger partial charge in [0.15, 0.2) is 0 Å². The van der Waals surface area contributed by atoms with Crippen LogP contribution in [0.3, 0.4) is 0 Å². The Bertz CT molecular complexity index is 611. The molecule has 5 nitrogen and oxygen atoms in total. The fraction of sp³-hybridized carbons (Fsp3) is 0.231. The van der Waals surface area contributed by atoms with E-state index in [1.165, 1.54) is 32.0 Å². The van der Waals surface area contributed by atoms with E-state index >= 15 is 0 Å². The molecule has 1 amide bonds. The van der Waals surface area contributed by atoms with Crippen molar-refractivity contribution in [3.05, 3.63) is 29.3 Å². The third-order valence-electron chi connectivity index (χ3n) is 2.37. The first-order chi connectivity index (χ1) is 8.44. The van der Waals surface area contributed by atoms with Crippen LogP contribution in [-0.4, -0.2) is 5.91 Å². The van der Waals surface area contributed by atoms with Crippen molar-refractivity contribution in [2.75, 3.05) is 5.32 Å². The second-order valence-electron chi connectivity index (χ2n) is 4.17. The summed E-state index contributed by atoms with van der Waals surface area (Å²) in [6.07, 6.45) is 0. The zero-order valence-corrected chi connectivity index (χ0v) is 9.98. The third kappa shape index (κ3) is 2.64. The van der Waals surface area contributed by atoms with Gasteiger partial charge < -0.3 is 5.32 Å². The maximum Gasteiger partial charge on any atom is 0.244 e. The van der Waals surface area contributed by atoms with Crippen molar-refractivity contribution in [1.82, 2.24) is 0 Å². The van der Waals surface area contributed by atoms with Gasteiger partial charge >= 0.3 is 0 Å². The minimum absolute atomic E-state index is 0.185. The summed E-state index contributed by atoms with van der Waals surface area (Å²) in [5, 5.41) is 29.0. The van der Waals surface area contributed by atoms with E-state index in [4.69, 9.17) is 15.8 Å². The number of nitrogens with one attached hydrogen (secondary N) is 1. The minimum atomic E-state index is -1.15. The predicted molar refractivity (Wildman–Crippen MR) is 63.9 cm³/mol. The van der Waals surface area contributed by atoms with Gasteiger partial charge in [0.05, 0.1) is 17.2 Å². The molecule has 0 saturated heterocycles. The van der Waals surface area contributed by atoms with Crippen molar-refractivity contribution in [2.45, 2.75) is 13.8 Å². The van der Waals surface area contributed by atoms with Gasteiger partial charge in [-0.3, -0.25) is 4.79 Å². The lowest BCUT2D eigenvalue weighted by Crippen LogP contribution is -2.29. The molecule has 1 rings (SSSR count). The Hall–Kier alpha value is -2.84. The van der Waals surface area contributed by atoms with Crippen LogP contribution in [0.4, 0.5) is 5.69 Å². The minimum Gasteiger partial charge on any atom is -0.325 e. The second-order valence-corrected chi connectivity index (χ2v) is 4.17. The highest BCUT2D eigenvalue weighted by Gasteiger charge is 2.27. The summed E-state index contributed by atoms with van der Waals surface area (Å²) in [5.41, 5.74) is -0.334. The van der Waals surface area contributed by atoms with E-state index in [1.807, 2.05) is 18.2 Å². The molecule has 88 valence electrons. The summed E-state index contributed by atoms with van der Waals surface area (Å²) in [4.78, 5) is 11.7. The SMILES string of the molecule is CC(C)(C#N)C(=O)Nc1ccc(C#N)c(C#N)c1. The van der Waals surface area contributed by atoms with Gasteiger partial charge in [-0.15, -0.1) is 0 Å². The Morgan fingerprint density at radius 2 is 1.78 bits per heavy atom. The molecule has 18 heavy (non-hydrogen) atoms. The van der Waals surface area contributed by atoms with E-state index in [-0.39, 0.29) is 11.1 Å². The normalized spacial score (nSPS) is 9.72. The standard InChI is InChI=1S/C13H10N4O/c1-13(2,8-16)12(18)17-11-4-3-9(6-14)10(5-11)7-15/h3-5H,1-2H3,(H,17,18). The van der Waals surface area contributed by atoms with Crippen LogP contribution < -0.4 is 5.32 Å². The molecule has 0 spiro atoms. The van der Waals surface area contributed by atoms with Gasteiger partial charge in [-0.25, -0.2) is 0 Å². The first-order valence-electron chi connectivity index (χ1n) is 5.11. The molecule has 0 heterocycles. The maximum atomic E-state index is 11.7. The lowest BCUT2D eigenvalue weighted by Gasteiger charge is -2.15. The van der Waals surface area contributed by atoms with Crippen LogP contribution in [0, 0.1) is 39.4 Å². The average Bonchev–Trinajstić information content (AvgIpc) is 2.38. The van der Waals surface area contributed by atoms with E-state index < -0.39 is 11.3 Å². The zero-order chi connectivity index (χ0) is 13.8. The molecule has 0 aliphatic carbocycles. The van der Waals surface area contributed by atoms with Crippen LogP contribution in [-0.2, 0) is 4.79 Å². The number of anilines is 1. The quantitative estimate of drug-likeness (QED) is 0.850. The fourth-order valence-corrected chi connectivity index (χ4v) is 1.15. The van der Waals surface area contributed by atoms with Crippen LogP contribution in [0.2, 0.25) is 0 Å². The van der Waals surface area contributed by atoms with Gasteiger partial charge in [0.25, 0.3) is 0 Å². The van der Waals surface area contributed by atoms with Crippen LogP contribution in [0.1, 0.15) is 25.0 Å². The molecule has 0 fully saturated rings. The highest BCUT2D eigenvalue weighted by Crippen LogP contribution is 2.19. The lowest BCUT2D eigenvalue weighted by atomic mass is 9.94. The monoisotopic (exact) mass is 238 g/mol. The molecule has 0 aliphatic rings. The largest absolute Gasteiger partial charge is 0.325 e. The Morgan fingerprint density at radius 3 is 2.28 bits per heavy atom. The highest BCUT2D eigenvalue weighted by molar-refractivity contribution is 5.96. The van der Waals surface area contributed by atoms with Crippen molar-refractivity contribution in [3.8, 4) is 18.2 Å². The van der Waals surface area contributed by atoms with E-state index in [0.29, 0.717) is 5.69 Å². The van der Waals surface area contributed by atoms with Gasteiger partial charge in [-0.1, -0.05) is 0 Å². The number of amides is 1. The number of nitriles is 3. The first kappa shape index (κ1) is 13.2. The molecule has 0 atom stereocenters. The van der Waals surface area contributed by atoms with Crippen molar-refractivity contribution >= 4 is 11.6 Å². The second kappa shape index (κ2) is 4.99. The summed E-state index contributed by atoms with van der Waals surface area (Å²) in [7, 11) is 0. The Balaban J connectivity index is 3.03. The first-order valence-corrected chi connectivity index (χ1v) is 5.11. The third-order valence-corrected chi connectivity index (χ3v) is 2.37. The summed E-state index contributed by atoms with van der Waals surface area (Å²) >= 11 is 0. The van der Waals surface area contributed by atoms with E-state index in [9.17, 15) is 4.79 Å². The molecule has 1 aromatic carbocycles. The number of nitrogens with zero attached hydrogens (tertiary/aromatic N) is 3. The fourth-order valence-electron chi connectivity index (χ4n) is 1.15. The van der Waals surface area contributed by atoms with Crippen LogP contribution >= 0.6 is 0 Å². The van der Waals surface area contributed by atoms with Gasteiger partial charge in [0, 0.05) is 5.69 Å². The molecule has 0 bridgehead atoms. The highest BCUT2D eigenvalue weighted by atomic mass is 16.2. The number of hydrogen-bond donors (Lipinski definition) is 1. The molecule has 0 unspecified atom stereocenters. The molecular weight excluding hydrogens is 228 g/mol. The average molecular weight is 238 g/mol. The molecular formula is C13H10N4O. The molecule has 1 N–H and O–H groups in total. The predicted octanol–water partition coefficient (Wildman–Crippen LogP) is 1.92. The maximum absolute atomic E-state index is 11.7.